The fraction of sp³-hybridized carbons (Fsp3) is 0.263. The smallest absolute Gasteiger partial charge is 0.286 e. The van der Waals surface area contributed by atoms with Gasteiger partial charge in [0.25, 0.3) is 10.0 Å². The van der Waals surface area contributed by atoms with Crippen LogP contribution in [0.3, 0.4) is 0 Å². The molecule has 0 unspecified atom stereocenters. The van der Waals surface area contributed by atoms with E-state index in [4.69, 9.17) is 4.74 Å². The van der Waals surface area contributed by atoms with Gasteiger partial charge in [0, 0.05) is 19.4 Å². The Bertz CT molecular complexity index is 983. The zero-order chi connectivity index (χ0) is 19.4. The zero-order valence-corrected chi connectivity index (χ0v) is 16.0. The third-order valence-electron chi connectivity index (χ3n) is 4.16. The van der Waals surface area contributed by atoms with Crippen LogP contribution in [0.15, 0.2) is 51.8 Å². The average molecular weight is 387 g/mol. The van der Waals surface area contributed by atoms with Gasteiger partial charge in [0.15, 0.2) is 0 Å². The van der Waals surface area contributed by atoms with Crippen LogP contribution in [0.25, 0.3) is 0 Å². The predicted octanol–water partition coefficient (Wildman–Crippen LogP) is 2.61. The molecule has 27 heavy (non-hydrogen) atoms. The molecule has 1 amide bonds. The molecular weight excluding hydrogens is 366 g/mol. The maximum Gasteiger partial charge on any atom is 0.286 e. The predicted molar refractivity (Wildman–Crippen MR) is 103 cm³/mol. The summed E-state index contributed by atoms with van der Waals surface area (Å²) < 4.78 is 33.4. The molecule has 0 spiro atoms. The second-order valence-corrected chi connectivity index (χ2v) is 7.83. The Morgan fingerprint density at radius 2 is 1.93 bits per heavy atom. The molecule has 0 atom stereocenters. The summed E-state index contributed by atoms with van der Waals surface area (Å²) in [6.07, 6.45) is 0.347. The van der Waals surface area contributed by atoms with Gasteiger partial charge in [0.05, 0.1) is 12.8 Å². The highest BCUT2D eigenvalue weighted by molar-refractivity contribution is 7.90. The van der Waals surface area contributed by atoms with Crippen molar-refractivity contribution in [1.82, 2.24) is 5.32 Å². The number of nitrogens with one attached hydrogen (secondary N) is 2. The van der Waals surface area contributed by atoms with Crippen molar-refractivity contribution in [3.63, 3.8) is 0 Å². The van der Waals surface area contributed by atoms with Crippen LogP contribution in [0, 0.1) is 6.92 Å². The first-order valence-corrected chi connectivity index (χ1v) is 9.92. The van der Waals surface area contributed by atoms with Crippen LogP contribution >= 0.6 is 0 Å². The summed E-state index contributed by atoms with van der Waals surface area (Å²) >= 11 is 0. The monoisotopic (exact) mass is 387 g/mol. The molecule has 2 aromatic rings. The quantitative estimate of drug-likeness (QED) is 0.794. The van der Waals surface area contributed by atoms with Crippen LogP contribution in [0.2, 0.25) is 0 Å². The highest BCUT2D eigenvalue weighted by Crippen LogP contribution is 2.28. The molecule has 1 heterocycles. The molecule has 142 valence electrons. The van der Waals surface area contributed by atoms with Crippen molar-refractivity contribution < 1.29 is 17.9 Å². The Hall–Kier alpha value is -2.87. The number of ether oxygens (including phenoxy) is 1. The molecule has 3 rings (SSSR count). The number of hydrogen-bond donors (Lipinski definition) is 2. The molecule has 0 aromatic heterocycles. The van der Waals surface area contributed by atoms with E-state index in [1.54, 1.807) is 19.2 Å². The minimum absolute atomic E-state index is 0.138. The van der Waals surface area contributed by atoms with Crippen LogP contribution in [0.4, 0.5) is 5.69 Å². The van der Waals surface area contributed by atoms with Gasteiger partial charge in [-0.25, -0.2) is 0 Å². The molecule has 0 bridgehead atoms. The minimum atomic E-state index is -3.74. The molecule has 0 saturated carbocycles. The van der Waals surface area contributed by atoms with Gasteiger partial charge in [-0.15, -0.1) is 4.40 Å². The van der Waals surface area contributed by atoms with Gasteiger partial charge in [0.1, 0.15) is 16.5 Å². The molecule has 0 aliphatic carbocycles. The second-order valence-electron chi connectivity index (χ2n) is 6.26. The molecule has 2 aromatic carbocycles. The Balaban J connectivity index is 1.56. The maximum atomic E-state index is 12.3. The van der Waals surface area contributed by atoms with Crippen LogP contribution < -0.4 is 15.4 Å². The van der Waals surface area contributed by atoms with Gasteiger partial charge in [-0.1, -0.05) is 18.2 Å². The van der Waals surface area contributed by atoms with Crippen molar-refractivity contribution in [2.45, 2.75) is 31.2 Å². The largest absolute Gasteiger partial charge is 0.497 e. The Morgan fingerprint density at radius 1 is 1.19 bits per heavy atom. The molecule has 0 saturated heterocycles. The number of rotatable bonds is 6. The molecule has 2 N–H and O–H groups in total. The molecule has 1 aliphatic rings. The van der Waals surface area contributed by atoms with Gasteiger partial charge in [-0.2, -0.15) is 8.42 Å². The average Bonchev–Trinajstić information content (AvgIpc) is 2.64. The summed E-state index contributed by atoms with van der Waals surface area (Å²) in [7, 11) is -2.14. The number of benzene rings is 2. The number of carbonyl (C=O) groups excluding carboxylic acids is 1. The molecular formula is C19H21N3O4S. The number of sulfonamides is 1. The fourth-order valence-electron chi connectivity index (χ4n) is 2.71. The van der Waals surface area contributed by atoms with Crippen molar-refractivity contribution in [2.75, 3.05) is 12.4 Å². The maximum absolute atomic E-state index is 12.3. The first kappa shape index (κ1) is 18.9. The van der Waals surface area contributed by atoms with E-state index in [-0.39, 0.29) is 29.5 Å². The Kier molecular flexibility index (Phi) is 5.46. The molecule has 7 nitrogen and oxygen atoms in total. The van der Waals surface area contributed by atoms with Crippen molar-refractivity contribution in [3.8, 4) is 5.75 Å². The van der Waals surface area contributed by atoms with E-state index >= 15 is 0 Å². The topological polar surface area (TPSA) is 96.9 Å². The van der Waals surface area contributed by atoms with Crippen LogP contribution in [0.1, 0.15) is 24.0 Å². The normalized spacial score (nSPS) is 14.5. The van der Waals surface area contributed by atoms with E-state index in [1.807, 2.05) is 31.2 Å². The molecule has 0 radical (unpaired) electrons. The van der Waals surface area contributed by atoms with E-state index < -0.39 is 10.0 Å². The van der Waals surface area contributed by atoms with Crippen molar-refractivity contribution in [3.05, 3.63) is 53.6 Å². The summed E-state index contributed by atoms with van der Waals surface area (Å²) in [5, 5.41) is 5.83. The highest BCUT2D eigenvalue weighted by atomic mass is 32.2. The number of aryl methyl sites for hydroxylation is 1. The van der Waals surface area contributed by atoms with Crippen LogP contribution in [-0.4, -0.2) is 27.3 Å². The Labute approximate surface area is 158 Å². The van der Waals surface area contributed by atoms with Crippen molar-refractivity contribution in [1.29, 1.82) is 0 Å². The van der Waals surface area contributed by atoms with Gasteiger partial charge in [-0.05, 0) is 42.3 Å². The van der Waals surface area contributed by atoms with E-state index in [9.17, 15) is 13.2 Å². The summed E-state index contributed by atoms with van der Waals surface area (Å²) in [6.45, 7) is 2.27. The van der Waals surface area contributed by atoms with Gasteiger partial charge in [-0.3, -0.25) is 4.79 Å². The lowest BCUT2D eigenvalue weighted by molar-refractivity contribution is -0.121. The molecule has 1 aliphatic heterocycles. The lowest BCUT2D eigenvalue weighted by Gasteiger charge is -2.18. The summed E-state index contributed by atoms with van der Waals surface area (Å²) in [5.74, 6) is 0.846. The molecule has 8 heteroatoms. The van der Waals surface area contributed by atoms with E-state index in [2.05, 4.69) is 15.0 Å². The number of amidine groups is 1. The number of methoxy groups -OCH3 is 1. The number of anilines is 1. The fourth-order valence-corrected chi connectivity index (χ4v) is 3.86. The number of amides is 1. The van der Waals surface area contributed by atoms with E-state index in [0.29, 0.717) is 12.2 Å². The summed E-state index contributed by atoms with van der Waals surface area (Å²) in [5.41, 5.74) is 2.39. The number of fused-ring (bicyclic) bond motifs is 1. The van der Waals surface area contributed by atoms with E-state index in [0.717, 1.165) is 16.9 Å². The zero-order valence-electron chi connectivity index (χ0n) is 15.2. The van der Waals surface area contributed by atoms with E-state index in [1.165, 1.54) is 6.07 Å². The SMILES string of the molecule is COc1ccc(CNC(=O)CCC2=NS(=O)(=O)c3ccc(C)cc3N2)cc1. The standard InChI is InChI=1S/C19H21N3O4S/c1-13-3-8-17-16(11-13)21-18(22-27(17,24)25)9-10-19(23)20-12-14-4-6-15(26-2)7-5-14/h3-8,11H,9-10,12H2,1-2H3,(H,20,23)(H,21,22). The highest BCUT2D eigenvalue weighted by Gasteiger charge is 2.24. The van der Waals surface area contributed by atoms with Gasteiger partial charge in [0.2, 0.25) is 5.91 Å². The third-order valence-corrected chi connectivity index (χ3v) is 5.53. The lowest BCUT2D eigenvalue weighted by Crippen LogP contribution is -2.26. The van der Waals surface area contributed by atoms with Gasteiger partial charge < -0.3 is 15.4 Å². The molecule has 0 fully saturated rings. The lowest BCUT2D eigenvalue weighted by atomic mass is 10.2. The second kappa shape index (κ2) is 7.79. The van der Waals surface area contributed by atoms with Crippen LogP contribution in [-0.2, 0) is 21.4 Å². The first-order chi connectivity index (χ1) is 12.9. The van der Waals surface area contributed by atoms with Crippen molar-refractivity contribution >= 4 is 27.5 Å². The summed E-state index contributed by atoms with van der Waals surface area (Å²) in [4.78, 5) is 12.2. The Morgan fingerprint density at radius 3 is 2.63 bits per heavy atom. The van der Waals surface area contributed by atoms with Gasteiger partial charge >= 0.3 is 0 Å². The number of carbonyl (C=O) groups is 1. The number of nitrogens with zero attached hydrogens (tertiary/aromatic N) is 1. The minimum Gasteiger partial charge on any atom is -0.497 e. The number of hydrogen-bond acceptors (Lipinski definition) is 5. The first-order valence-electron chi connectivity index (χ1n) is 8.48. The summed E-state index contributed by atoms with van der Waals surface area (Å²) in [6, 6.07) is 12.4. The van der Waals surface area contributed by atoms with Crippen LogP contribution in [0.5, 0.6) is 5.75 Å². The van der Waals surface area contributed by atoms with Crippen molar-refractivity contribution in [2.24, 2.45) is 4.40 Å². The third kappa shape index (κ3) is 4.65.